The van der Waals surface area contributed by atoms with Gasteiger partial charge in [0.05, 0.1) is 11.2 Å². The van der Waals surface area contributed by atoms with Gasteiger partial charge in [-0.05, 0) is 20.8 Å². The number of hydrogen-bond donors (Lipinski definition) is 1. The minimum Gasteiger partial charge on any atom is -0.389 e. The summed E-state index contributed by atoms with van der Waals surface area (Å²) >= 11 is 5.83. The van der Waals surface area contributed by atoms with Gasteiger partial charge >= 0.3 is 0 Å². The van der Waals surface area contributed by atoms with Crippen LogP contribution in [0.15, 0.2) is 6.33 Å². The summed E-state index contributed by atoms with van der Waals surface area (Å²) in [6, 6.07) is 0. The zero-order valence-electron chi connectivity index (χ0n) is 10.1. The van der Waals surface area contributed by atoms with Gasteiger partial charge in [-0.15, -0.1) is 0 Å². The highest BCUT2D eigenvalue weighted by Crippen LogP contribution is 2.22. The molecule has 0 aliphatic carbocycles. The van der Waals surface area contributed by atoms with E-state index >= 15 is 0 Å². The molecule has 0 radical (unpaired) electrons. The molecule has 0 spiro atoms. The minimum absolute atomic E-state index is 0.124. The SMILES string of the molecule is CCN(CC(C)(C)O)c1ncnc(Cl)c1C=O. The Morgan fingerprint density at radius 1 is 1.53 bits per heavy atom. The Labute approximate surface area is 105 Å². The Morgan fingerprint density at radius 3 is 2.65 bits per heavy atom. The number of likely N-dealkylation sites (N-methyl/N-ethyl adjacent to an activating group) is 1. The van der Waals surface area contributed by atoms with Crippen LogP contribution in [-0.4, -0.2) is 40.1 Å². The fourth-order valence-corrected chi connectivity index (χ4v) is 1.70. The lowest BCUT2D eigenvalue weighted by Gasteiger charge is -2.29. The summed E-state index contributed by atoms with van der Waals surface area (Å²) in [6.45, 7) is 6.27. The standard InChI is InChI=1S/C11H16ClN3O2/c1-4-15(6-11(2,3)17)10-8(5-16)9(12)13-7-14-10/h5,7,17H,4,6H2,1-3H3. The maximum atomic E-state index is 11.0. The summed E-state index contributed by atoms with van der Waals surface area (Å²) in [4.78, 5) is 20.6. The molecule has 94 valence electrons. The van der Waals surface area contributed by atoms with Crippen molar-refractivity contribution in [1.82, 2.24) is 9.97 Å². The maximum absolute atomic E-state index is 11.0. The first-order valence-electron chi connectivity index (χ1n) is 5.32. The van der Waals surface area contributed by atoms with E-state index in [1.165, 1.54) is 6.33 Å². The van der Waals surface area contributed by atoms with Gasteiger partial charge in [0.15, 0.2) is 6.29 Å². The second-order valence-electron chi connectivity index (χ2n) is 4.35. The molecule has 0 aliphatic rings. The molecule has 5 nitrogen and oxygen atoms in total. The number of aliphatic hydroxyl groups is 1. The molecule has 0 aromatic carbocycles. The smallest absolute Gasteiger partial charge is 0.156 e. The number of halogens is 1. The predicted octanol–water partition coefficient (Wildman–Crippen LogP) is 1.54. The summed E-state index contributed by atoms with van der Waals surface area (Å²) in [5.41, 5.74) is -0.631. The Morgan fingerprint density at radius 2 is 2.18 bits per heavy atom. The van der Waals surface area contributed by atoms with Crippen molar-refractivity contribution in [3.05, 3.63) is 17.0 Å². The van der Waals surface area contributed by atoms with Crippen LogP contribution in [0.2, 0.25) is 5.15 Å². The molecule has 0 aliphatic heterocycles. The predicted molar refractivity (Wildman–Crippen MR) is 66.6 cm³/mol. The van der Waals surface area contributed by atoms with Crippen LogP contribution in [0.25, 0.3) is 0 Å². The number of carbonyl (C=O) groups is 1. The van der Waals surface area contributed by atoms with E-state index in [-0.39, 0.29) is 10.7 Å². The quantitative estimate of drug-likeness (QED) is 0.640. The second-order valence-corrected chi connectivity index (χ2v) is 4.70. The van der Waals surface area contributed by atoms with Gasteiger partial charge in [-0.25, -0.2) is 9.97 Å². The van der Waals surface area contributed by atoms with Crippen LogP contribution >= 0.6 is 11.6 Å². The van der Waals surface area contributed by atoms with Crippen LogP contribution in [0.3, 0.4) is 0 Å². The molecule has 0 atom stereocenters. The number of aldehydes is 1. The van der Waals surface area contributed by atoms with Crippen LogP contribution in [0.5, 0.6) is 0 Å². The van der Waals surface area contributed by atoms with Crippen molar-refractivity contribution in [1.29, 1.82) is 0 Å². The van der Waals surface area contributed by atoms with Crippen LogP contribution in [0, 0.1) is 0 Å². The lowest BCUT2D eigenvalue weighted by molar-refractivity contribution is 0.0872. The summed E-state index contributed by atoms with van der Waals surface area (Å²) in [5, 5.41) is 9.93. The van der Waals surface area contributed by atoms with E-state index in [0.29, 0.717) is 25.2 Å². The van der Waals surface area contributed by atoms with Gasteiger partial charge in [0.1, 0.15) is 17.3 Å². The summed E-state index contributed by atoms with van der Waals surface area (Å²) in [7, 11) is 0. The molecule has 0 saturated heterocycles. The topological polar surface area (TPSA) is 66.3 Å². The number of hydrogen-bond acceptors (Lipinski definition) is 5. The van der Waals surface area contributed by atoms with Crippen molar-refractivity contribution < 1.29 is 9.90 Å². The van der Waals surface area contributed by atoms with E-state index in [1.54, 1.807) is 18.7 Å². The van der Waals surface area contributed by atoms with Gasteiger partial charge in [-0.1, -0.05) is 11.6 Å². The highest BCUT2D eigenvalue weighted by atomic mass is 35.5. The zero-order valence-corrected chi connectivity index (χ0v) is 10.9. The molecule has 0 unspecified atom stereocenters. The Bertz CT molecular complexity index is 404. The lowest BCUT2D eigenvalue weighted by atomic mass is 10.1. The second kappa shape index (κ2) is 5.42. The molecule has 6 heteroatoms. The first-order valence-corrected chi connectivity index (χ1v) is 5.70. The molecular weight excluding hydrogens is 242 g/mol. The van der Waals surface area contributed by atoms with E-state index in [4.69, 9.17) is 11.6 Å². The molecular formula is C11H16ClN3O2. The van der Waals surface area contributed by atoms with E-state index in [0.717, 1.165) is 0 Å². The van der Waals surface area contributed by atoms with Crippen LogP contribution in [-0.2, 0) is 0 Å². The first-order chi connectivity index (χ1) is 7.89. The van der Waals surface area contributed by atoms with Crippen molar-refractivity contribution in [2.75, 3.05) is 18.0 Å². The molecule has 0 amide bonds. The van der Waals surface area contributed by atoms with Gasteiger partial charge in [0, 0.05) is 13.1 Å². The van der Waals surface area contributed by atoms with Gasteiger partial charge in [-0.3, -0.25) is 4.79 Å². The van der Waals surface area contributed by atoms with Gasteiger partial charge in [-0.2, -0.15) is 0 Å². The van der Waals surface area contributed by atoms with Crippen LogP contribution < -0.4 is 4.90 Å². The normalized spacial score (nSPS) is 11.4. The lowest BCUT2D eigenvalue weighted by Crippen LogP contribution is -2.39. The number of nitrogens with zero attached hydrogens (tertiary/aromatic N) is 3. The van der Waals surface area contributed by atoms with Crippen molar-refractivity contribution in [3.8, 4) is 0 Å². The van der Waals surface area contributed by atoms with Gasteiger partial charge in [0.2, 0.25) is 0 Å². The average molecular weight is 258 g/mol. The molecule has 1 N–H and O–H groups in total. The van der Waals surface area contributed by atoms with Crippen molar-refractivity contribution >= 4 is 23.7 Å². The van der Waals surface area contributed by atoms with E-state index < -0.39 is 5.60 Å². The molecule has 0 fully saturated rings. The molecule has 1 rings (SSSR count). The molecule has 1 aromatic rings. The largest absolute Gasteiger partial charge is 0.389 e. The highest BCUT2D eigenvalue weighted by Gasteiger charge is 2.21. The van der Waals surface area contributed by atoms with Crippen LogP contribution in [0.1, 0.15) is 31.1 Å². The maximum Gasteiger partial charge on any atom is 0.156 e. The summed E-state index contributed by atoms with van der Waals surface area (Å²) in [6.07, 6.45) is 1.93. The molecule has 1 aromatic heterocycles. The van der Waals surface area contributed by atoms with E-state index in [1.807, 2.05) is 6.92 Å². The average Bonchev–Trinajstić information content (AvgIpc) is 2.24. The number of rotatable bonds is 5. The Balaban J connectivity index is 3.12. The zero-order chi connectivity index (χ0) is 13.1. The summed E-state index contributed by atoms with van der Waals surface area (Å²) in [5.74, 6) is 0.449. The van der Waals surface area contributed by atoms with E-state index in [9.17, 15) is 9.90 Å². The van der Waals surface area contributed by atoms with Crippen molar-refractivity contribution in [3.63, 3.8) is 0 Å². The first kappa shape index (κ1) is 13.9. The Hall–Kier alpha value is -1.20. The molecule has 1 heterocycles. The minimum atomic E-state index is -0.881. The molecule has 0 bridgehead atoms. The third-order valence-electron chi connectivity index (χ3n) is 2.19. The number of carbonyl (C=O) groups excluding carboxylic acids is 1. The third kappa shape index (κ3) is 3.64. The van der Waals surface area contributed by atoms with Crippen molar-refractivity contribution in [2.24, 2.45) is 0 Å². The fourth-order valence-electron chi connectivity index (χ4n) is 1.52. The summed E-state index contributed by atoms with van der Waals surface area (Å²) < 4.78 is 0. The molecule has 17 heavy (non-hydrogen) atoms. The number of anilines is 1. The van der Waals surface area contributed by atoms with Gasteiger partial charge < -0.3 is 10.0 Å². The third-order valence-corrected chi connectivity index (χ3v) is 2.49. The monoisotopic (exact) mass is 257 g/mol. The van der Waals surface area contributed by atoms with Crippen molar-refractivity contribution in [2.45, 2.75) is 26.4 Å². The number of aromatic nitrogens is 2. The Kier molecular flexibility index (Phi) is 4.42. The molecule has 0 saturated carbocycles. The highest BCUT2D eigenvalue weighted by molar-refractivity contribution is 6.32. The van der Waals surface area contributed by atoms with Crippen LogP contribution in [0.4, 0.5) is 5.82 Å². The van der Waals surface area contributed by atoms with E-state index in [2.05, 4.69) is 9.97 Å². The van der Waals surface area contributed by atoms with Gasteiger partial charge in [0.25, 0.3) is 0 Å². The fraction of sp³-hybridized carbons (Fsp3) is 0.545.